The summed E-state index contributed by atoms with van der Waals surface area (Å²) in [7, 11) is 0. The fourth-order valence-corrected chi connectivity index (χ4v) is 1.89. The number of hydrogen-bond donors (Lipinski definition) is 3. The van der Waals surface area contributed by atoms with Crippen LogP contribution in [0.15, 0.2) is 34.8 Å². The van der Waals surface area contributed by atoms with E-state index in [4.69, 9.17) is 0 Å². The zero-order chi connectivity index (χ0) is 12.8. The molecule has 1 aliphatic rings. The van der Waals surface area contributed by atoms with Gasteiger partial charge in [0, 0.05) is 25.4 Å². The lowest BCUT2D eigenvalue weighted by Crippen LogP contribution is -2.27. The second kappa shape index (κ2) is 6.16. The fourth-order valence-electron chi connectivity index (χ4n) is 1.89. The van der Waals surface area contributed by atoms with Crippen LogP contribution in [0.5, 0.6) is 0 Å². The Morgan fingerprint density at radius 2 is 2.28 bits per heavy atom. The number of aromatic nitrogens is 1. The van der Waals surface area contributed by atoms with Gasteiger partial charge in [0.1, 0.15) is 0 Å². The number of hydrogen-bond acceptors (Lipinski definition) is 3. The number of aromatic amines is 1. The van der Waals surface area contributed by atoms with Gasteiger partial charge in [-0.3, -0.25) is 9.59 Å². The van der Waals surface area contributed by atoms with Crippen molar-refractivity contribution in [3.05, 3.63) is 45.9 Å². The zero-order valence-corrected chi connectivity index (χ0v) is 10.2. The minimum atomic E-state index is -0.202. The summed E-state index contributed by atoms with van der Waals surface area (Å²) < 4.78 is 0. The summed E-state index contributed by atoms with van der Waals surface area (Å²) in [6.07, 6.45) is 5.54. The third kappa shape index (κ3) is 3.56. The maximum absolute atomic E-state index is 11.7. The number of H-pyrrole nitrogens is 1. The van der Waals surface area contributed by atoms with Gasteiger partial charge >= 0.3 is 0 Å². The lowest BCUT2D eigenvalue weighted by Gasteiger charge is -2.14. The van der Waals surface area contributed by atoms with E-state index in [1.165, 1.54) is 23.9 Å². The largest absolute Gasteiger partial charge is 0.352 e. The number of carbonyl (C=O) groups excluding carboxylic acids is 1. The smallest absolute Gasteiger partial charge is 0.252 e. The van der Waals surface area contributed by atoms with E-state index in [-0.39, 0.29) is 11.5 Å². The molecular weight excluding hydrogens is 230 g/mol. The van der Waals surface area contributed by atoms with Crippen molar-refractivity contribution in [2.24, 2.45) is 0 Å². The van der Waals surface area contributed by atoms with Crippen molar-refractivity contribution in [2.45, 2.75) is 12.8 Å². The molecule has 2 rings (SSSR count). The fraction of sp³-hybridized carbons (Fsp3) is 0.385. The molecule has 18 heavy (non-hydrogen) atoms. The van der Waals surface area contributed by atoms with Crippen molar-refractivity contribution in [3.8, 4) is 0 Å². The summed E-state index contributed by atoms with van der Waals surface area (Å²) in [5.41, 5.74) is 1.66. The van der Waals surface area contributed by atoms with Gasteiger partial charge in [-0.2, -0.15) is 0 Å². The number of amides is 1. The lowest BCUT2D eigenvalue weighted by molar-refractivity contribution is 0.0953. The van der Waals surface area contributed by atoms with Crippen molar-refractivity contribution in [1.82, 2.24) is 15.6 Å². The van der Waals surface area contributed by atoms with Crippen molar-refractivity contribution < 1.29 is 4.79 Å². The SMILES string of the molecule is O=C(NCCC1=CCNCC1)c1ccc(=O)[nH]c1. The maximum atomic E-state index is 11.7. The predicted molar refractivity (Wildman–Crippen MR) is 69.6 cm³/mol. The first-order chi connectivity index (χ1) is 8.75. The first-order valence-electron chi connectivity index (χ1n) is 6.11. The van der Waals surface area contributed by atoms with E-state index in [9.17, 15) is 9.59 Å². The molecule has 5 heteroatoms. The average molecular weight is 247 g/mol. The molecule has 96 valence electrons. The van der Waals surface area contributed by atoms with Gasteiger partial charge in [-0.1, -0.05) is 11.6 Å². The van der Waals surface area contributed by atoms with Crippen LogP contribution in [0.4, 0.5) is 0 Å². The molecule has 0 radical (unpaired) electrons. The Hall–Kier alpha value is -1.88. The molecule has 5 nitrogen and oxygen atoms in total. The molecule has 0 aromatic carbocycles. The monoisotopic (exact) mass is 247 g/mol. The van der Waals surface area contributed by atoms with Crippen molar-refractivity contribution in [3.63, 3.8) is 0 Å². The van der Waals surface area contributed by atoms with Gasteiger partial charge in [0.2, 0.25) is 5.56 Å². The first kappa shape index (κ1) is 12.6. The van der Waals surface area contributed by atoms with Crippen LogP contribution in [0.2, 0.25) is 0 Å². The van der Waals surface area contributed by atoms with Gasteiger partial charge in [0.05, 0.1) is 5.56 Å². The predicted octanol–water partition coefficient (Wildman–Crippen LogP) is 0.414. The standard InChI is InChI=1S/C13H17N3O2/c17-12-2-1-11(9-16-12)13(18)15-8-5-10-3-6-14-7-4-10/h1-3,9,14H,4-8H2,(H,15,18)(H,16,17). The Morgan fingerprint density at radius 3 is 2.94 bits per heavy atom. The Bertz CT molecular complexity index is 485. The summed E-state index contributed by atoms with van der Waals surface area (Å²) >= 11 is 0. The van der Waals surface area contributed by atoms with E-state index in [0.29, 0.717) is 12.1 Å². The minimum absolute atomic E-state index is 0.152. The lowest BCUT2D eigenvalue weighted by atomic mass is 10.1. The highest BCUT2D eigenvalue weighted by atomic mass is 16.1. The summed E-state index contributed by atoms with van der Waals surface area (Å²) in [5, 5.41) is 6.09. The van der Waals surface area contributed by atoms with E-state index in [1.54, 1.807) is 0 Å². The number of pyridine rings is 1. The highest BCUT2D eigenvalue weighted by molar-refractivity contribution is 5.93. The Labute approximate surface area is 105 Å². The minimum Gasteiger partial charge on any atom is -0.352 e. The molecule has 1 aromatic rings. The van der Waals surface area contributed by atoms with Gasteiger partial charge in [0.15, 0.2) is 0 Å². The molecule has 3 N–H and O–H groups in total. The molecule has 1 aromatic heterocycles. The molecule has 0 fully saturated rings. The molecule has 1 aliphatic heterocycles. The van der Waals surface area contributed by atoms with Crippen LogP contribution in [-0.4, -0.2) is 30.5 Å². The second-order valence-corrected chi connectivity index (χ2v) is 4.26. The van der Waals surface area contributed by atoms with E-state index < -0.39 is 0 Å². The molecule has 2 heterocycles. The second-order valence-electron chi connectivity index (χ2n) is 4.26. The van der Waals surface area contributed by atoms with Crippen LogP contribution in [-0.2, 0) is 0 Å². The van der Waals surface area contributed by atoms with Crippen LogP contribution in [0.1, 0.15) is 23.2 Å². The Balaban J connectivity index is 1.79. The molecular formula is C13H17N3O2. The highest BCUT2D eigenvalue weighted by Gasteiger charge is 2.06. The third-order valence-electron chi connectivity index (χ3n) is 2.94. The molecule has 1 amide bonds. The van der Waals surface area contributed by atoms with E-state index in [0.717, 1.165) is 25.9 Å². The van der Waals surface area contributed by atoms with Gasteiger partial charge in [0.25, 0.3) is 5.91 Å². The van der Waals surface area contributed by atoms with Crippen molar-refractivity contribution in [2.75, 3.05) is 19.6 Å². The Kier molecular flexibility index (Phi) is 4.30. The number of carbonyl (C=O) groups is 1. The van der Waals surface area contributed by atoms with Crippen LogP contribution in [0.3, 0.4) is 0 Å². The zero-order valence-electron chi connectivity index (χ0n) is 10.2. The molecule has 0 atom stereocenters. The van der Waals surface area contributed by atoms with Gasteiger partial charge in [-0.05, 0) is 25.5 Å². The molecule has 0 unspecified atom stereocenters. The molecule has 0 saturated carbocycles. The van der Waals surface area contributed by atoms with Crippen LogP contribution in [0, 0.1) is 0 Å². The van der Waals surface area contributed by atoms with Gasteiger partial charge in [-0.25, -0.2) is 0 Å². The Morgan fingerprint density at radius 1 is 1.39 bits per heavy atom. The summed E-state index contributed by atoms with van der Waals surface area (Å²) in [5.74, 6) is -0.152. The quantitative estimate of drug-likeness (QED) is 0.675. The van der Waals surface area contributed by atoms with Crippen LogP contribution >= 0.6 is 0 Å². The molecule has 0 aliphatic carbocycles. The van der Waals surface area contributed by atoms with Crippen molar-refractivity contribution >= 4 is 5.91 Å². The molecule has 0 spiro atoms. The van der Waals surface area contributed by atoms with E-state index >= 15 is 0 Å². The van der Waals surface area contributed by atoms with Gasteiger partial charge < -0.3 is 15.6 Å². The topological polar surface area (TPSA) is 74.0 Å². The third-order valence-corrected chi connectivity index (χ3v) is 2.94. The molecule has 0 saturated heterocycles. The average Bonchev–Trinajstić information content (AvgIpc) is 2.40. The van der Waals surface area contributed by atoms with Crippen LogP contribution in [0.25, 0.3) is 0 Å². The summed E-state index contributed by atoms with van der Waals surface area (Å²) in [6, 6.07) is 2.88. The normalized spacial score (nSPS) is 15.0. The maximum Gasteiger partial charge on any atom is 0.252 e. The van der Waals surface area contributed by atoms with E-state index in [2.05, 4.69) is 21.7 Å². The van der Waals surface area contributed by atoms with Crippen molar-refractivity contribution in [1.29, 1.82) is 0 Å². The first-order valence-corrected chi connectivity index (χ1v) is 6.11. The number of nitrogens with one attached hydrogen (secondary N) is 3. The van der Waals surface area contributed by atoms with E-state index in [1.807, 2.05) is 0 Å². The van der Waals surface area contributed by atoms with Gasteiger partial charge in [-0.15, -0.1) is 0 Å². The highest BCUT2D eigenvalue weighted by Crippen LogP contribution is 2.07. The summed E-state index contributed by atoms with van der Waals surface area (Å²) in [4.78, 5) is 25.1. The molecule has 0 bridgehead atoms. The van der Waals surface area contributed by atoms with Crippen LogP contribution < -0.4 is 16.2 Å². The summed E-state index contributed by atoms with van der Waals surface area (Å²) in [6.45, 7) is 2.56. The number of rotatable bonds is 4.